The minimum absolute atomic E-state index is 0.0645. The maximum absolute atomic E-state index is 13.2. The third-order valence-corrected chi connectivity index (χ3v) is 6.59. The number of pyridine rings is 1. The Balaban J connectivity index is 2.17. The van der Waals surface area contributed by atoms with E-state index < -0.39 is 0 Å². The molecule has 0 aliphatic rings. The molecule has 2 heterocycles. The van der Waals surface area contributed by atoms with Crippen molar-refractivity contribution in [3.05, 3.63) is 76.4 Å². The van der Waals surface area contributed by atoms with Crippen molar-refractivity contribution in [1.29, 1.82) is 0 Å². The van der Waals surface area contributed by atoms with Crippen molar-refractivity contribution >= 4 is 34.9 Å². The molecule has 6 heteroatoms. The first-order valence-corrected chi connectivity index (χ1v) is 11.0. The third kappa shape index (κ3) is 4.34. The quantitative estimate of drug-likeness (QED) is 0.250. The summed E-state index contributed by atoms with van der Waals surface area (Å²) in [5.41, 5.74) is 3.35. The zero-order chi connectivity index (χ0) is 20.1. The zero-order valence-electron chi connectivity index (χ0n) is 16.1. The van der Waals surface area contributed by atoms with Gasteiger partial charge in [-0.15, -0.1) is 23.1 Å². The van der Waals surface area contributed by atoms with Crippen LogP contribution in [0.3, 0.4) is 0 Å². The van der Waals surface area contributed by atoms with Crippen molar-refractivity contribution in [3.8, 4) is 5.69 Å². The Labute approximate surface area is 173 Å². The third-order valence-electron chi connectivity index (χ3n) is 4.26. The fraction of sp³-hybridized carbons (Fsp3) is 0.227. The predicted octanol–water partition coefficient (Wildman–Crippen LogP) is 4.39. The lowest BCUT2D eigenvalue weighted by Crippen LogP contribution is -2.31. The standard InChI is InChI=1S/C22H22NO3S2/c1-4-26-18(24)14-17-19(23-12-10-15(2)11-13-23)22(27-3)28-21(17)20(25)16-8-6-5-7-9-16/h5-13H,4,14H2,1-3H3/q+1. The van der Waals surface area contributed by atoms with E-state index in [-0.39, 0.29) is 18.2 Å². The van der Waals surface area contributed by atoms with Gasteiger partial charge >= 0.3 is 5.97 Å². The predicted molar refractivity (Wildman–Crippen MR) is 113 cm³/mol. The summed E-state index contributed by atoms with van der Waals surface area (Å²) in [4.78, 5) is 26.1. The van der Waals surface area contributed by atoms with E-state index in [4.69, 9.17) is 4.74 Å². The average molecular weight is 413 g/mol. The first kappa shape index (κ1) is 20.3. The van der Waals surface area contributed by atoms with Crippen LogP contribution >= 0.6 is 23.1 Å². The summed E-state index contributed by atoms with van der Waals surface area (Å²) in [5, 5.41) is 0. The highest BCUT2D eigenvalue weighted by Crippen LogP contribution is 2.37. The van der Waals surface area contributed by atoms with Gasteiger partial charge in [-0.1, -0.05) is 30.3 Å². The molecule has 0 aliphatic carbocycles. The molecule has 28 heavy (non-hydrogen) atoms. The number of ketones is 1. The van der Waals surface area contributed by atoms with Crippen LogP contribution in [0.1, 0.15) is 33.3 Å². The number of hydrogen-bond donors (Lipinski definition) is 0. The Kier molecular flexibility index (Phi) is 6.65. The summed E-state index contributed by atoms with van der Waals surface area (Å²) in [6.45, 7) is 4.12. The highest BCUT2D eigenvalue weighted by Gasteiger charge is 2.31. The van der Waals surface area contributed by atoms with Gasteiger partial charge < -0.3 is 4.74 Å². The molecule has 0 bridgehead atoms. The summed E-state index contributed by atoms with van der Waals surface area (Å²) in [5.74, 6) is -0.400. The molecule has 0 spiro atoms. The van der Waals surface area contributed by atoms with Crippen LogP contribution in [0.25, 0.3) is 5.69 Å². The van der Waals surface area contributed by atoms with Gasteiger partial charge in [0.1, 0.15) is 4.21 Å². The molecule has 4 nitrogen and oxygen atoms in total. The molecule has 0 N–H and O–H groups in total. The molecule has 0 atom stereocenters. The number of esters is 1. The minimum Gasteiger partial charge on any atom is -0.466 e. The van der Waals surface area contributed by atoms with Crippen molar-refractivity contribution < 1.29 is 18.9 Å². The number of ether oxygens (including phenoxy) is 1. The maximum Gasteiger partial charge on any atom is 0.310 e. The van der Waals surface area contributed by atoms with E-state index in [0.717, 1.165) is 21.0 Å². The van der Waals surface area contributed by atoms with Crippen molar-refractivity contribution in [3.63, 3.8) is 0 Å². The second kappa shape index (κ2) is 9.17. The van der Waals surface area contributed by atoms with Crippen LogP contribution in [0.15, 0.2) is 59.1 Å². The number of aryl methyl sites for hydroxylation is 1. The fourth-order valence-corrected chi connectivity index (χ4v) is 4.93. The van der Waals surface area contributed by atoms with Gasteiger partial charge in [-0.05, 0) is 25.7 Å². The van der Waals surface area contributed by atoms with Gasteiger partial charge in [0.05, 0.1) is 23.5 Å². The second-order valence-electron chi connectivity index (χ2n) is 6.21. The van der Waals surface area contributed by atoms with E-state index in [9.17, 15) is 9.59 Å². The number of thioether (sulfide) groups is 1. The van der Waals surface area contributed by atoms with Crippen molar-refractivity contribution in [2.24, 2.45) is 0 Å². The average Bonchev–Trinajstić information content (AvgIpc) is 3.07. The van der Waals surface area contributed by atoms with Gasteiger partial charge in [0.15, 0.2) is 12.4 Å². The lowest BCUT2D eigenvalue weighted by molar-refractivity contribution is -0.598. The molecule has 0 fully saturated rings. The lowest BCUT2D eigenvalue weighted by Gasteiger charge is -2.05. The maximum atomic E-state index is 13.2. The molecule has 0 amide bonds. The molecular weight excluding hydrogens is 390 g/mol. The van der Waals surface area contributed by atoms with Gasteiger partial charge in [-0.25, -0.2) is 0 Å². The largest absolute Gasteiger partial charge is 0.466 e. The van der Waals surface area contributed by atoms with Crippen molar-refractivity contribution in [2.75, 3.05) is 12.9 Å². The lowest BCUT2D eigenvalue weighted by atomic mass is 10.0. The Morgan fingerprint density at radius 1 is 1.11 bits per heavy atom. The highest BCUT2D eigenvalue weighted by molar-refractivity contribution is 8.00. The molecular formula is C22H22NO3S2+. The van der Waals surface area contributed by atoms with Crippen LogP contribution < -0.4 is 4.57 Å². The SMILES string of the molecule is CCOC(=O)Cc1c(C(=O)c2ccccc2)sc(SC)c1-[n+]1ccc(C)cc1. The molecule has 0 saturated carbocycles. The van der Waals surface area contributed by atoms with E-state index in [1.165, 1.54) is 11.3 Å². The Morgan fingerprint density at radius 3 is 2.39 bits per heavy atom. The number of rotatable bonds is 7. The molecule has 2 aromatic heterocycles. The highest BCUT2D eigenvalue weighted by atomic mass is 32.2. The van der Waals surface area contributed by atoms with E-state index in [1.54, 1.807) is 30.8 Å². The molecule has 3 aromatic rings. The zero-order valence-corrected chi connectivity index (χ0v) is 17.7. The molecule has 0 unspecified atom stereocenters. The molecule has 1 aromatic carbocycles. The number of carbonyl (C=O) groups is 2. The number of carbonyl (C=O) groups excluding carboxylic acids is 2. The van der Waals surface area contributed by atoms with Gasteiger partial charge in [-0.2, -0.15) is 4.57 Å². The van der Waals surface area contributed by atoms with Crippen LogP contribution in [0.2, 0.25) is 0 Å². The summed E-state index contributed by atoms with van der Waals surface area (Å²) >= 11 is 3.01. The normalized spacial score (nSPS) is 10.7. The number of aromatic nitrogens is 1. The first-order valence-electron chi connectivity index (χ1n) is 8.98. The van der Waals surface area contributed by atoms with Gasteiger partial charge in [-0.3, -0.25) is 9.59 Å². The Morgan fingerprint density at radius 2 is 1.79 bits per heavy atom. The second-order valence-corrected chi connectivity index (χ2v) is 8.31. The van der Waals surface area contributed by atoms with Gasteiger partial charge in [0.25, 0.3) is 0 Å². The Bertz CT molecular complexity index is 979. The van der Waals surface area contributed by atoms with E-state index in [1.807, 2.05) is 60.5 Å². The summed E-state index contributed by atoms with van der Waals surface area (Å²) in [6, 6.07) is 13.2. The minimum atomic E-state index is -0.330. The van der Waals surface area contributed by atoms with Crippen LogP contribution in [-0.4, -0.2) is 24.6 Å². The van der Waals surface area contributed by atoms with Gasteiger partial charge in [0, 0.05) is 17.7 Å². The smallest absolute Gasteiger partial charge is 0.310 e. The summed E-state index contributed by atoms with van der Waals surface area (Å²) in [7, 11) is 0. The van der Waals surface area contributed by atoms with Gasteiger partial charge in [0.2, 0.25) is 11.5 Å². The number of hydrogen-bond acceptors (Lipinski definition) is 5. The molecule has 3 rings (SSSR count). The number of thiophene rings is 1. The summed E-state index contributed by atoms with van der Waals surface area (Å²) < 4.78 is 8.15. The van der Waals surface area contributed by atoms with Crippen LogP contribution in [0, 0.1) is 6.92 Å². The van der Waals surface area contributed by atoms with Crippen molar-refractivity contribution in [1.82, 2.24) is 0 Å². The van der Waals surface area contributed by atoms with E-state index in [2.05, 4.69) is 0 Å². The van der Waals surface area contributed by atoms with Crippen LogP contribution in [0.5, 0.6) is 0 Å². The van der Waals surface area contributed by atoms with Crippen molar-refractivity contribution in [2.45, 2.75) is 24.5 Å². The molecule has 144 valence electrons. The molecule has 0 saturated heterocycles. The van der Waals surface area contributed by atoms with Crippen LogP contribution in [0.4, 0.5) is 0 Å². The first-order chi connectivity index (χ1) is 13.5. The van der Waals surface area contributed by atoms with E-state index in [0.29, 0.717) is 17.0 Å². The molecule has 0 aliphatic heterocycles. The summed E-state index contributed by atoms with van der Waals surface area (Å²) in [6.07, 6.45) is 5.97. The van der Waals surface area contributed by atoms with E-state index >= 15 is 0 Å². The Hall–Kier alpha value is -2.44. The van der Waals surface area contributed by atoms with Crippen LogP contribution in [-0.2, 0) is 16.0 Å². The topological polar surface area (TPSA) is 47.3 Å². The fourth-order valence-electron chi connectivity index (χ4n) is 2.91. The molecule has 0 radical (unpaired) electrons. The number of nitrogens with zero attached hydrogens (tertiary/aromatic N) is 1. The monoisotopic (exact) mass is 412 g/mol. The number of benzene rings is 1.